The molecule has 0 amide bonds. The quantitative estimate of drug-likeness (QED) is 0.0804. The van der Waals surface area contributed by atoms with Crippen molar-refractivity contribution in [3.63, 3.8) is 0 Å². The van der Waals surface area contributed by atoms with Gasteiger partial charge in [0.1, 0.15) is 0 Å². The molecule has 0 fully saturated rings. The summed E-state index contributed by atoms with van der Waals surface area (Å²) in [6, 6.07) is 0. The van der Waals surface area contributed by atoms with Crippen molar-refractivity contribution in [1.29, 1.82) is 0 Å². The Morgan fingerprint density at radius 1 is 0.436 bits per heavy atom. The lowest BCUT2D eigenvalue weighted by Gasteiger charge is -2.22. The Morgan fingerprint density at radius 3 is 1.18 bits per heavy atom. The summed E-state index contributed by atoms with van der Waals surface area (Å²) in [7, 11) is 0. The standard InChI is InChI=1S/C36H75NO2/c1-4-7-10-13-17-22-27-36(28-23-18-14-11-8-5-2)29-24-19-16-21-26-31-37(32-34-39-35-33-38)30-25-20-15-12-9-6-3/h36,38H,4-35H2,1-3H3. The Morgan fingerprint density at radius 2 is 0.795 bits per heavy atom. The van der Waals surface area contributed by atoms with Crippen molar-refractivity contribution in [3.05, 3.63) is 0 Å². The minimum absolute atomic E-state index is 0.135. The van der Waals surface area contributed by atoms with Crippen molar-refractivity contribution >= 4 is 0 Å². The number of aliphatic hydroxyl groups excluding tert-OH is 1. The van der Waals surface area contributed by atoms with Crippen LogP contribution in [0.2, 0.25) is 0 Å². The van der Waals surface area contributed by atoms with Gasteiger partial charge in [-0.15, -0.1) is 0 Å². The summed E-state index contributed by atoms with van der Waals surface area (Å²) in [5.74, 6) is 0.995. The average molecular weight is 554 g/mol. The number of aliphatic hydroxyl groups is 1. The molecule has 3 heteroatoms. The summed E-state index contributed by atoms with van der Waals surface area (Å²) in [5.41, 5.74) is 0. The van der Waals surface area contributed by atoms with Crippen LogP contribution in [0.1, 0.15) is 188 Å². The molecule has 0 unspecified atom stereocenters. The Hall–Kier alpha value is -0.120. The lowest BCUT2D eigenvalue weighted by molar-refractivity contribution is 0.0727. The van der Waals surface area contributed by atoms with Crippen molar-refractivity contribution in [2.75, 3.05) is 39.5 Å². The SMILES string of the molecule is CCCCCCCCC(CCCCCCCC)CCCCCCCN(CCCCCCCC)CCOCCO. The first-order valence-corrected chi connectivity index (χ1v) is 18.2. The molecule has 0 aliphatic rings. The van der Waals surface area contributed by atoms with E-state index < -0.39 is 0 Å². The average Bonchev–Trinajstić information content (AvgIpc) is 2.95. The number of ether oxygens (including phenoxy) is 1. The van der Waals surface area contributed by atoms with Crippen molar-refractivity contribution in [2.24, 2.45) is 5.92 Å². The van der Waals surface area contributed by atoms with Crippen molar-refractivity contribution in [1.82, 2.24) is 4.90 Å². The van der Waals surface area contributed by atoms with Crippen LogP contribution < -0.4 is 0 Å². The second kappa shape index (κ2) is 34.1. The van der Waals surface area contributed by atoms with Gasteiger partial charge in [-0.2, -0.15) is 0 Å². The third kappa shape index (κ3) is 30.7. The molecule has 0 radical (unpaired) electrons. The molecule has 0 heterocycles. The zero-order valence-corrected chi connectivity index (χ0v) is 27.5. The van der Waals surface area contributed by atoms with E-state index in [2.05, 4.69) is 25.7 Å². The fourth-order valence-electron chi connectivity index (χ4n) is 5.97. The predicted molar refractivity (Wildman–Crippen MR) is 175 cm³/mol. The molecule has 0 bridgehead atoms. The first kappa shape index (κ1) is 38.9. The lowest BCUT2D eigenvalue weighted by Crippen LogP contribution is -2.30. The van der Waals surface area contributed by atoms with E-state index in [1.54, 1.807) is 0 Å². The van der Waals surface area contributed by atoms with Gasteiger partial charge in [0, 0.05) is 6.54 Å². The van der Waals surface area contributed by atoms with Crippen LogP contribution in [0.4, 0.5) is 0 Å². The van der Waals surface area contributed by atoms with Gasteiger partial charge in [0.2, 0.25) is 0 Å². The van der Waals surface area contributed by atoms with Gasteiger partial charge >= 0.3 is 0 Å². The first-order chi connectivity index (χ1) is 19.3. The molecule has 0 atom stereocenters. The minimum Gasteiger partial charge on any atom is -0.394 e. The Balaban J connectivity index is 4.12. The van der Waals surface area contributed by atoms with E-state index in [1.165, 1.54) is 180 Å². The maximum absolute atomic E-state index is 8.98. The maximum atomic E-state index is 8.98. The summed E-state index contributed by atoms with van der Waals surface area (Å²) in [6.07, 6.45) is 36.9. The molecule has 39 heavy (non-hydrogen) atoms. The molecule has 236 valence electrons. The van der Waals surface area contributed by atoms with Gasteiger partial charge in [0.25, 0.3) is 0 Å². The van der Waals surface area contributed by atoms with Gasteiger partial charge in [-0.05, 0) is 31.8 Å². The molecular weight excluding hydrogens is 478 g/mol. The van der Waals surface area contributed by atoms with Crippen LogP contribution in [-0.4, -0.2) is 49.5 Å². The van der Waals surface area contributed by atoms with E-state index in [0.717, 1.165) is 19.1 Å². The fourth-order valence-corrected chi connectivity index (χ4v) is 5.97. The molecule has 0 aliphatic carbocycles. The summed E-state index contributed by atoms with van der Waals surface area (Å²) < 4.78 is 5.57. The maximum Gasteiger partial charge on any atom is 0.0698 e. The van der Waals surface area contributed by atoms with E-state index in [0.29, 0.717) is 6.61 Å². The van der Waals surface area contributed by atoms with Gasteiger partial charge in [-0.25, -0.2) is 0 Å². The van der Waals surface area contributed by atoms with Crippen LogP contribution in [0.25, 0.3) is 0 Å². The third-order valence-electron chi connectivity index (χ3n) is 8.63. The molecular formula is C36H75NO2. The van der Waals surface area contributed by atoms with E-state index >= 15 is 0 Å². The third-order valence-corrected chi connectivity index (χ3v) is 8.63. The number of rotatable bonds is 34. The molecule has 3 nitrogen and oxygen atoms in total. The smallest absolute Gasteiger partial charge is 0.0698 e. The molecule has 0 aliphatic heterocycles. The Kier molecular flexibility index (Phi) is 34.0. The summed E-state index contributed by atoms with van der Waals surface area (Å²) in [5, 5.41) is 8.98. The van der Waals surface area contributed by atoms with Gasteiger partial charge < -0.3 is 14.7 Å². The number of hydrogen-bond acceptors (Lipinski definition) is 3. The molecule has 0 saturated heterocycles. The van der Waals surface area contributed by atoms with Crippen molar-refractivity contribution in [2.45, 2.75) is 188 Å². The highest BCUT2D eigenvalue weighted by atomic mass is 16.5. The van der Waals surface area contributed by atoms with Gasteiger partial charge in [0.15, 0.2) is 0 Å². The van der Waals surface area contributed by atoms with Crippen LogP contribution in [0, 0.1) is 5.92 Å². The topological polar surface area (TPSA) is 32.7 Å². The lowest BCUT2D eigenvalue weighted by atomic mass is 9.89. The van der Waals surface area contributed by atoms with Crippen LogP contribution >= 0.6 is 0 Å². The molecule has 0 saturated carbocycles. The largest absolute Gasteiger partial charge is 0.394 e. The molecule has 0 aromatic carbocycles. The zero-order chi connectivity index (χ0) is 28.5. The summed E-state index contributed by atoms with van der Waals surface area (Å²) in [6.45, 7) is 11.8. The van der Waals surface area contributed by atoms with E-state index in [4.69, 9.17) is 9.84 Å². The van der Waals surface area contributed by atoms with E-state index in [-0.39, 0.29) is 6.61 Å². The Bertz CT molecular complexity index is 414. The number of hydrogen-bond donors (Lipinski definition) is 1. The minimum atomic E-state index is 0.135. The molecule has 0 aromatic rings. The molecule has 1 N–H and O–H groups in total. The highest BCUT2D eigenvalue weighted by Gasteiger charge is 2.09. The van der Waals surface area contributed by atoms with E-state index in [9.17, 15) is 0 Å². The van der Waals surface area contributed by atoms with Gasteiger partial charge in [0.05, 0.1) is 19.8 Å². The van der Waals surface area contributed by atoms with Crippen molar-refractivity contribution in [3.8, 4) is 0 Å². The molecule has 0 aromatic heterocycles. The fraction of sp³-hybridized carbons (Fsp3) is 1.00. The Labute approximate surface area is 247 Å². The normalized spacial score (nSPS) is 11.8. The number of nitrogens with zero attached hydrogens (tertiary/aromatic N) is 1. The monoisotopic (exact) mass is 554 g/mol. The van der Waals surface area contributed by atoms with E-state index in [1.807, 2.05) is 0 Å². The molecule has 0 rings (SSSR count). The van der Waals surface area contributed by atoms with Crippen molar-refractivity contribution < 1.29 is 9.84 Å². The van der Waals surface area contributed by atoms with Crippen LogP contribution in [0.3, 0.4) is 0 Å². The number of unbranched alkanes of at least 4 members (excludes halogenated alkanes) is 19. The predicted octanol–water partition coefficient (Wildman–Crippen LogP) is 11.1. The second-order valence-electron chi connectivity index (χ2n) is 12.5. The first-order valence-electron chi connectivity index (χ1n) is 18.2. The van der Waals surface area contributed by atoms with Gasteiger partial charge in [-0.3, -0.25) is 0 Å². The highest BCUT2D eigenvalue weighted by molar-refractivity contribution is 4.63. The van der Waals surface area contributed by atoms with Crippen LogP contribution in [0.15, 0.2) is 0 Å². The zero-order valence-electron chi connectivity index (χ0n) is 27.5. The molecule has 0 spiro atoms. The summed E-state index contributed by atoms with van der Waals surface area (Å²) in [4.78, 5) is 2.62. The highest BCUT2D eigenvalue weighted by Crippen LogP contribution is 2.24. The van der Waals surface area contributed by atoms with Crippen LogP contribution in [-0.2, 0) is 4.74 Å². The summed E-state index contributed by atoms with van der Waals surface area (Å²) >= 11 is 0. The van der Waals surface area contributed by atoms with Crippen LogP contribution in [0.5, 0.6) is 0 Å². The van der Waals surface area contributed by atoms with Gasteiger partial charge in [-0.1, -0.05) is 175 Å². The second-order valence-corrected chi connectivity index (χ2v) is 12.5.